The van der Waals surface area contributed by atoms with E-state index in [4.69, 9.17) is 0 Å². The summed E-state index contributed by atoms with van der Waals surface area (Å²) >= 11 is 0. The molecule has 1 aromatic carbocycles. The Hall–Kier alpha value is -1.31. The van der Waals surface area contributed by atoms with Gasteiger partial charge in [0.1, 0.15) is 0 Å². The van der Waals surface area contributed by atoms with Gasteiger partial charge in [-0.05, 0) is 67.6 Å². The number of nitrogens with zero attached hydrogens (tertiary/aromatic N) is 1. The molecule has 0 N–H and O–H groups in total. The van der Waals surface area contributed by atoms with Crippen LogP contribution >= 0.6 is 0 Å². The Morgan fingerprint density at radius 2 is 1.67 bits per heavy atom. The minimum absolute atomic E-state index is 0.0655. The fraction of sp³-hybridized carbons (Fsp3) is 0.682. The fourth-order valence-electron chi connectivity index (χ4n) is 4.76. The maximum Gasteiger partial charge on any atom is 0.233 e. The molecule has 132 valence electrons. The van der Waals surface area contributed by atoms with E-state index in [0.29, 0.717) is 17.2 Å². The molecule has 1 saturated heterocycles. The topological polar surface area (TPSA) is 20.3 Å². The number of hydrogen-bond donors (Lipinski definition) is 0. The summed E-state index contributed by atoms with van der Waals surface area (Å²) < 4.78 is 0. The number of amides is 1. The maximum atomic E-state index is 13.2. The Morgan fingerprint density at radius 1 is 1.04 bits per heavy atom. The van der Waals surface area contributed by atoms with Gasteiger partial charge in [0.05, 0.1) is 5.41 Å². The average molecular weight is 328 g/mol. The van der Waals surface area contributed by atoms with Crippen LogP contribution in [0.15, 0.2) is 24.3 Å². The van der Waals surface area contributed by atoms with Gasteiger partial charge >= 0.3 is 0 Å². The molecule has 0 unspecified atom stereocenters. The van der Waals surface area contributed by atoms with Gasteiger partial charge in [-0.25, -0.2) is 0 Å². The smallest absolute Gasteiger partial charge is 0.233 e. The Labute approximate surface area is 147 Å². The summed E-state index contributed by atoms with van der Waals surface area (Å²) in [4.78, 5) is 15.2. The maximum absolute atomic E-state index is 13.2. The van der Waals surface area contributed by atoms with Crippen molar-refractivity contribution in [1.29, 1.82) is 0 Å². The van der Waals surface area contributed by atoms with E-state index in [1.54, 1.807) is 0 Å². The Morgan fingerprint density at radius 3 is 2.21 bits per heavy atom. The summed E-state index contributed by atoms with van der Waals surface area (Å²) in [7, 11) is 0. The van der Waals surface area contributed by atoms with E-state index in [1.165, 1.54) is 31.2 Å². The van der Waals surface area contributed by atoms with Gasteiger partial charge < -0.3 is 4.90 Å². The highest BCUT2D eigenvalue weighted by atomic mass is 16.2. The van der Waals surface area contributed by atoms with Crippen LogP contribution in [-0.2, 0) is 4.79 Å². The van der Waals surface area contributed by atoms with Crippen LogP contribution < -0.4 is 4.90 Å². The normalized spacial score (nSPS) is 30.5. The molecule has 1 saturated carbocycles. The predicted octanol–water partition coefficient (Wildman–Crippen LogP) is 5.91. The summed E-state index contributed by atoms with van der Waals surface area (Å²) in [5.41, 5.74) is 2.83. The van der Waals surface area contributed by atoms with Gasteiger partial charge in [0, 0.05) is 12.2 Å². The SMILES string of the molecule is CCCC1(C)CCC2(CCN(c3ccc(C(C)C)cc3)C2=O)CC1. The molecule has 1 heterocycles. The highest BCUT2D eigenvalue weighted by molar-refractivity contribution is 6.00. The van der Waals surface area contributed by atoms with Crippen LogP contribution in [0.25, 0.3) is 0 Å². The van der Waals surface area contributed by atoms with Crippen LogP contribution in [0, 0.1) is 10.8 Å². The third kappa shape index (κ3) is 3.12. The number of benzene rings is 1. The van der Waals surface area contributed by atoms with Gasteiger partial charge in [0.2, 0.25) is 5.91 Å². The number of carbonyl (C=O) groups is 1. The molecule has 0 atom stereocenters. The van der Waals surface area contributed by atoms with Crippen molar-refractivity contribution in [2.45, 2.75) is 78.6 Å². The van der Waals surface area contributed by atoms with E-state index in [-0.39, 0.29) is 5.41 Å². The first-order valence-corrected chi connectivity index (χ1v) is 9.81. The summed E-state index contributed by atoms with van der Waals surface area (Å²) in [6.07, 6.45) is 8.20. The van der Waals surface area contributed by atoms with Crippen molar-refractivity contribution in [2.75, 3.05) is 11.4 Å². The van der Waals surface area contributed by atoms with Gasteiger partial charge in [-0.2, -0.15) is 0 Å². The van der Waals surface area contributed by atoms with Gasteiger partial charge in [-0.3, -0.25) is 4.79 Å². The molecular formula is C22H33NO. The lowest BCUT2D eigenvalue weighted by Gasteiger charge is -2.42. The van der Waals surface area contributed by atoms with Gasteiger partial charge in [0.15, 0.2) is 0 Å². The molecule has 2 nitrogen and oxygen atoms in total. The minimum atomic E-state index is -0.0655. The molecule has 1 aliphatic carbocycles. The third-order valence-corrected chi connectivity index (χ3v) is 6.65. The monoisotopic (exact) mass is 327 g/mol. The molecule has 1 aliphatic heterocycles. The van der Waals surface area contributed by atoms with Gasteiger partial charge in [-0.15, -0.1) is 0 Å². The summed E-state index contributed by atoms with van der Waals surface area (Å²) in [6, 6.07) is 8.63. The first kappa shape index (κ1) is 17.5. The third-order valence-electron chi connectivity index (χ3n) is 6.65. The average Bonchev–Trinajstić information content (AvgIpc) is 2.88. The van der Waals surface area contributed by atoms with Crippen LogP contribution in [0.3, 0.4) is 0 Å². The summed E-state index contributed by atoms with van der Waals surface area (Å²) in [5, 5.41) is 0. The van der Waals surface area contributed by atoms with E-state index >= 15 is 0 Å². The lowest BCUT2D eigenvalue weighted by atomic mass is 9.62. The largest absolute Gasteiger partial charge is 0.312 e. The van der Waals surface area contributed by atoms with Crippen molar-refractivity contribution in [1.82, 2.24) is 0 Å². The molecule has 0 bridgehead atoms. The highest BCUT2D eigenvalue weighted by Gasteiger charge is 2.50. The van der Waals surface area contributed by atoms with Crippen LogP contribution in [0.4, 0.5) is 5.69 Å². The van der Waals surface area contributed by atoms with Crippen molar-refractivity contribution < 1.29 is 4.79 Å². The van der Waals surface area contributed by atoms with E-state index < -0.39 is 0 Å². The second-order valence-corrected chi connectivity index (χ2v) is 8.79. The Kier molecular flexibility index (Phi) is 4.77. The first-order chi connectivity index (χ1) is 11.4. The second-order valence-electron chi connectivity index (χ2n) is 8.79. The lowest BCUT2D eigenvalue weighted by Crippen LogP contribution is -2.39. The molecule has 0 radical (unpaired) electrons. The van der Waals surface area contributed by atoms with Crippen LogP contribution in [-0.4, -0.2) is 12.5 Å². The Bertz CT molecular complexity index is 578. The molecule has 2 fully saturated rings. The molecule has 1 aromatic rings. The first-order valence-electron chi connectivity index (χ1n) is 9.81. The molecule has 24 heavy (non-hydrogen) atoms. The van der Waals surface area contributed by atoms with E-state index in [0.717, 1.165) is 31.5 Å². The number of anilines is 1. The molecule has 3 rings (SSSR count). The Balaban J connectivity index is 1.71. The second kappa shape index (κ2) is 6.54. The van der Waals surface area contributed by atoms with E-state index in [1.807, 2.05) is 4.90 Å². The molecule has 2 heteroatoms. The van der Waals surface area contributed by atoms with E-state index in [9.17, 15) is 4.79 Å². The number of hydrogen-bond acceptors (Lipinski definition) is 1. The van der Waals surface area contributed by atoms with E-state index in [2.05, 4.69) is 52.0 Å². The molecule has 2 aliphatic rings. The zero-order valence-electron chi connectivity index (χ0n) is 15.9. The van der Waals surface area contributed by atoms with Crippen molar-refractivity contribution in [3.05, 3.63) is 29.8 Å². The number of carbonyl (C=O) groups excluding carboxylic acids is 1. The lowest BCUT2D eigenvalue weighted by molar-refractivity contribution is -0.128. The fourth-order valence-corrected chi connectivity index (χ4v) is 4.76. The van der Waals surface area contributed by atoms with Crippen LogP contribution in [0.5, 0.6) is 0 Å². The molecular weight excluding hydrogens is 294 g/mol. The highest BCUT2D eigenvalue weighted by Crippen LogP contribution is 2.52. The zero-order chi connectivity index (χ0) is 17.4. The zero-order valence-corrected chi connectivity index (χ0v) is 15.9. The summed E-state index contributed by atoms with van der Waals surface area (Å²) in [6.45, 7) is 10.0. The molecule has 1 amide bonds. The molecule has 1 spiro atoms. The quantitative estimate of drug-likeness (QED) is 0.673. The summed E-state index contributed by atoms with van der Waals surface area (Å²) in [5.74, 6) is 0.924. The number of rotatable bonds is 4. The standard InChI is InChI=1S/C22H33NO/c1-5-10-21(4)11-13-22(14-12-21)15-16-23(20(22)24)19-8-6-18(7-9-19)17(2)3/h6-9,17H,5,10-16H2,1-4H3. The molecule has 0 aromatic heterocycles. The van der Waals surface area contributed by atoms with Gasteiger partial charge in [-0.1, -0.05) is 46.2 Å². The van der Waals surface area contributed by atoms with Crippen molar-refractivity contribution >= 4 is 11.6 Å². The predicted molar refractivity (Wildman–Crippen MR) is 101 cm³/mol. The minimum Gasteiger partial charge on any atom is -0.312 e. The van der Waals surface area contributed by atoms with Crippen molar-refractivity contribution in [3.8, 4) is 0 Å². The van der Waals surface area contributed by atoms with Gasteiger partial charge in [0.25, 0.3) is 0 Å². The van der Waals surface area contributed by atoms with Crippen molar-refractivity contribution in [2.24, 2.45) is 10.8 Å². The van der Waals surface area contributed by atoms with Crippen LogP contribution in [0.1, 0.15) is 84.1 Å². The van der Waals surface area contributed by atoms with Crippen LogP contribution in [0.2, 0.25) is 0 Å². The van der Waals surface area contributed by atoms with Crippen molar-refractivity contribution in [3.63, 3.8) is 0 Å².